The molecular formula is C98H58N14O2. The predicted molar refractivity (Wildman–Crippen MR) is 450 cm³/mol. The summed E-state index contributed by atoms with van der Waals surface area (Å²) in [6.07, 6.45) is 0. The lowest BCUT2D eigenvalue weighted by Crippen LogP contribution is -2.00. The fraction of sp³-hybridized carbons (Fsp3) is 0. The van der Waals surface area contributed by atoms with Crippen molar-refractivity contribution in [3.8, 4) is 159 Å². The van der Waals surface area contributed by atoms with E-state index in [9.17, 15) is 0 Å². The second-order valence-corrected chi connectivity index (χ2v) is 26.8. The van der Waals surface area contributed by atoms with Crippen molar-refractivity contribution in [3.05, 3.63) is 375 Å². The van der Waals surface area contributed by atoms with Crippen LogP contribution in [0.4, 0.5) is 11.4 Å². The summed E-state index contributed by atoms with van der Waals surface area (Å²) in [6.45, 7) is 15.1. The zero-order valence-electron chi connectivity index (χ0n) is 60.6. The van der Waals surface area contributed by atoms with Gasteiger partial charge in [-0.25, -0.2) is 69.5 Å². The lowest BCUT2D eigenvalue weighted by atomic mass is 10.0. The largest absolute Gasteiger partial charge is 0.455 e. The molecule has 20 rings (SSSR count). The van der Waals surface area contributed by atoms with Gasteiger partial charge in [0.15, 0.2) is 81.3 Å². The molecule has 0 fully saturated rings. The van der Waals surface area contributed by atoms with Crippen molar-refractivity contribution in [1.82, 2.24) is 59.8 Å². The second kappa shape index (κ2) is 30.0. The molecule has 0 atom stereocenters. The molecule has 6 aromatic heterocycles. The van der Waals surface area contributed by atoms with Crippen LogP contribution in [0, 0.1) is 13.1 Å². The summed E-state index contributed by atoms with van der Waals surface area (Å²) in [4.78, 5) is 67.3. The van der Waals surface area contributed by atoms with Gasteiger partial charge in [0.05, 0.1) is 24.3 Å². The summed E-state index contributed by atoms with van der Waals surface area (Å²) in [5.41, 5.74) is 17.7. The molecule has 0 aliphatic rings. The van der Waals surface area contributed by atoms with E-state index in [0.717, 1.165) is 111 Å². The van der Waals surface area contributed by atoms with Crippen molar-refractivity contribution < 1.29 is 8.83 Å². The van der Waals surface area contributed by atoms with Gasteiger partial charge in [0.25, 0.3) is 0 Å². The van der Waals surface area contributed by atoms with Gasteiger partial charge in [-0.05, 0) is 52.6 Å². The molecular weight excluding hydrogens is 1410 g/mol. The summed E-state index contributed by atoms with van der Waals surface area (Å²) in [5.74, 6) is 6.51. The van der Waals surface area contributed by atoms with Crippen molar-refractivity contribution >= 4 is 55.3 Å². The van der Waals surface area contributed by atoms with Crippen LogP contribution < -0.4 is 0 Å². The first kappa shape index (κ1) is 68.2. The highest BCUT2D eigenvalue weighted by Gasteiger charge is 2.25. The number of rotatable bonds is 14. The quantitative estimate of drug-likeness (QED) is 0.0935. The van der Waals surface area contributed by atoms with Crippen molar-refractivity contribution in [3.63, 3.8) is 0 Å². The van der Waals surface area contributed by atoms with Crippen molar-refractivity contribution in [2.75, 3.05) is 0 Å². The van der Waals surface area contributed by atoms with Crippen LogP contribution >= 0.6 is 0 Å². The average Bonchev–Trinajstić information content (AvgIpc) is 1.58. The molecule has 0 bridgehead atoms. The molecule has 6 heterocycles. The summed E-state index contributed by atoms with van der Waals surface area (Å²) in [6, 6.07) is 115. The molecule has 0 spiro atoms. The molecule has 16 nitrogen and oxygen atoms in total. The van der Waals surface area contributed by atoms with Gasteiger partial charge < -0.3 is 8.83 Å². The molecule has 14 aromatic carbocycles. The van der Waals surface area contributed by atoms with Gasteiger partial charge in [-0.1, -0.05) is 322 Å². The standard InChI is InChI=1S/2C49H29N7O/c1-50-37-21-11-20-36(30-37)31-26-28-35(29-27-31)47-52-46(34-18-9-4-10-19-34)55-49(56-47)40-24-12-22-38-42-39(23-13-25-41(42)57-43(38)40)48-53-44(32-14-5-2-6-15-32)51-45(54-48)33-16-7-3-8-17-33;1-50-40-25-12-11-21-36(40)31-27-29-35(30-28-31)47-52-46(34-19-9-4-10-20-34)55-49(56-47)39-24-13-22-37-42-38(23-14-26-41(42)57-43(37)39)48-53-44(32-15-5-2-6-16-32)51-45(54-48)33-17-7-3-8-18-33/h2*2-30H. The van der Waals surface area contributed by atoms with Gasteiger partial charge in [0.2, 0.25) is 0 Å². The molecule has 532 valence electrons. The van der Waals surface area contributed by atoms with Crippen LogP contribution in [-0.4, -0.2) is 59.8 Å². The molecule has 0 saturated carbocycles. The summed E-state index contributed by atoms with van der Waals surface area (Å²) >= 11 is 0. The minimum Gasteiger partial charge on any atom is -0.455 e. The summed E-state index contributed by atoms with van der Waals surface area (Å²) in [7, 11) is 0. The number of benzene rings is 14. The Morgan fingerprint density at radius 1 is 0.193 bits per heavy atom. The maximum absolute atomic E-state index is 7.63. The third-order valence-corrected chi connectivity index (χ3v) is 19.7. The molecule has 0 unspecified atom stereocenters. The summed E-state index contributed by atoms with van der Waals surface area (Å²) in [5, 5.41) is 3.53. The van der Waals surface area contributed by atoms with Gasteiger partial charge in [0, 0.05) is 77.2 Å². The zero-order chi connectivity index (χ0) is 76.3. The van der Waals surface area contributed by atoms with Crippen LogP contribution in [0.1, 0.15) is 0 Å². The number of fused-ring (bicyclic) bond motifs is 6. The highest BCUT2D eigenvalue weighted by Crippen LogP contribution is 2.44. The molecule has 0 saturated heterocycles. The Labute approximate surface area is 653 Å². The average molecular weight is 1460 g/mol. The molecule has 0 aliphatic heterocycles. The Morgan fingerprint density at radius 2 is 0.456 bits per heavy atom. The van der Waals surface area contributed by atoms with Gasteiger partial charge in [0.1, 0.15) is 22.3 Å². The Morgan fingerprint density at radius 3 is 0.807 bits per heavy atom. The third-order valence-electron chi connectivity index (χ3n) is 19.7. The van der Waals surface area contributed by atoms with Crippen LogP contribution in [0.25, 0.3) is 212 Å². The second-order valence-electron chi connectivity index (χ2n) is 26.8. The SMILES string of the molecule is [C-]#[N+]c1cccc(-c2ccc(-c3nc(-c4ccccc4)nc(-c4cccc5c4oc4cccc(-c6nc(-c7ccccc7)nc(-c7ccccc7)n6)c45)n3)cc2)c1.[C-]#[N+]c1ccccc1-c1ccc(-c2nc(-c3ccccc3)nc(-c3cccc4c3oc3cccc(-c5nc(-c6ccccc6)nc(-c6ccccc6)n5)c34)n2)cc1. The monoisotopic (exact) mass is 1460 g/mol. The first-order valence-electron chi connectivity index (χ1n) is 36.8. The van der Waals surface area contributed by atoms with Crippen molar-refractivity contribution in [2.45, 2.75) is 0 Å². The van der Waals surface area contributed by atoms with E-state index in [-0.39, 0.29) is 0 Å². The minimum atomic E-state index is 0.477. The maximum atomic E-state index is 7.63. The van der Waals surface area contributed by atoms with Gasteiger partial charge in [-0.2, -0.15) is 0 Å². The van der Waals surface area contributed by atoms with E-state index in [1.165, 1.54) is 0 Å². The highest BCUT2D eigenvalue weighted by molar-refractivity contribution is 6.16. The van der Waals surface area contributed by atoms with E-state index >= 15 is 0 Å². The van der Waals surface area contributed by atoms with Crippen LogP contribution in [0.15, 0.2) is 361 Å². The first-order valence-corrected chi connectivity index (χ1v) is 36.8. The fourth-order valence-electron chi connectivity index (χ4n) is 14.1. The fourth-order valence-corrected chi connectivity index (χ4v) is 14.1. The van der Waals surface area contributed by atoms with E-state index in [2.05, 4.69) is 9.69 Å². The van der Waals surface area contributed by atoms with Crippen LogP contribution in [0.5, 0.6) is 0 Å². The topological polar surface area (TPSA) is 190 Å². The Bertz CT molecular complexity index is 6980. The number of hydrogen-bond acceptors (Lipinski definition) is 14. The van der Waals surface area contributed by atoms with E-state index in [1.54, 1.807) is 0 Å². The molecule has 0 amide bonds. The number of furan rings is 2. The van der Waals surface area contributed by atoms with Crippen LogP contribution in [0.3, 0.4) is 0 Å². The van der Waals surface area contributed by atoms with Crippen molar-refractivity contribution in [1.29, 1.82) is 0 Å². The normalized spacial score (nSPS) is 11.1. The molecule has 0 aliphatic carbocycles. The Kier molecular flexibility index (Phi) is 18.0. The predicted octanol–water partition coefficient (Wildman–Crippen LogP) is 24.4. The van der Waals surface area contributed by atoms with E-state index < -0.39 is 0 Å². The number of hydrogen-bond donors (Lipinski definition) is 0. The Hall–Kier alpha value is -16.3. The number of aromatic nitrogens is 12. The minimum absolute atomic E-state index is 0.477. The highest BCUT2D eigenvalue weighted by atomic mass is 16.3. The first-order chi connectivity index (χ1) is 56.4. The lowest BCUT2D eigenvalue weighted by molar-refractivity contribution is 0.669. The number of para-hydroxylation sites is 3. The van der Waals surface area contributed by atoms with Gasteiger partial charge in [-0.3, -0.25) is 0 Å². The lowest BCUT2D eigenvalue weighted by Gasteiger charge is -2.10. The summed E-state index contributed by atoms with van der Waals surface area (Å²) < 4.78 is 13.4. The smallest absolute Gasteiger partial charge is 0.194 e. The molecule has 0 radical (unpaired) electrons. The van der Waals surface area contributed by atoms with Gasteiger partial charge in [-0.15, -0.1) is 0 Å². The molecule has 16 heteroatoms. The van der Waals surface area contributed by atoms with Gasteiger partial charge >= 0.3 is 0 Å². The molecule has 114 heavy (non-hydrogen) atoms. The van der Waals surface area contributed by atoms with Crippen molar-refractivity contribution in [2.24, 2.45) is 0 Å². The molecule has 0 N–H and O–H groups in total. The van der Waals surface area contributed by atoms with E-state index in [0.29, 0.717) is 104 Å². The zero-order valence-corrected chi connectivity index (χ0v) is 60.6. The van der Waals surface area contributed by atoms with Crippen LogP contribution in [0.2, 0.25) is 0 Å². The van der Waals surface area contributed by atoms with E-state index in [4.69, 9.17) is 81.8 Å². The number of nitrogens with zero attached hydrogens (tertiary/aromatic N) is 14. The maximum Gasteiger partial charge on any atom is 0.194 e. The Balaban J connectivity index is 0.000000153. The van der Waals surface area contributed by atoms with E-state index in [1.807, 2.05) is 352 Å². The molecule has 20 aromatic rings. The third kappa shape index (κ3) is 13.4. The van der Waals surface area contributed by atoms with Crippen LogP contribution in [-0.2, 0) is 0 Å².